The maximum Gasteiger partial charge on any atom is 0.246 e. The molecule has 2 aromatic carbocycles. The maximum absolute atomic E-state index is 12.6. The van der Waals surface area contributed by atoms with Gasteiger partial charge < -0.3 is 19.1 Å². The Morgan fingerprint density at radius 2 is 2.00 bits per heavy atom. The number of fused-ring (bicyclic) bond motifs is 1. The van der Waals surface area contributed by atoms with E-state index in [2.05, 4.69) is 0 Å². The van der Waals surface area contributed by atoms with Crippen molar-refractivity contribution in [2.24, 2.45) is 5.92 Å². The first kappa shape index (κ1) is 17.5. The SMILES string of the molecule is O=C(/C=C/c1ccc2c(c1)OCO2)N1CCCC(COc2ccccc2)C1. The van der Waals surface area contributed by atoms with Crippen LogP contribution in [0.4, 0.5) is 0 Å². The van der Waals surface area contributed by atoms with Crippen LogP contribution in [0.3, 0.4) is 0 Å². The first-order valence-corrected chi connectivity index (χ1v) is 9.32. The Kier molecular flexibility index (Phi) is 5.28. The highest BCUT2D eigenvalue weighted by Crippen LogP contribution is 2.32. The summed E-state index contributed by atoms with van der Waals surface area (Å²) in [5.74, 6) is 2.75. The van der Waals surface area contributed by atoms with Crippen molar-refractivity contribution in [3.8, 4) is 17.2 Å². The van der Waals surface area contributed by atoms with Crippen LogP contribution in [0.25, 0.3) is 6.08 Å². The molecule has 0 saturated carbocycles. The molecule has 2 aromatic rings. The monoisotopic (exact) mass is 365 g/mol. The zero-order valence-corrected chi connectivity index (χ0v) is 15.2. The highest BCUT2D eigenvalue weighted by Gasteiger charge is 2.23. The summed E-state index contributed by atoms with van der Waals surface area (Å²) in [5, 5.41) is 0. The molecule has 2 heterocycles. The molecule has 0 aromatic heterocycles. The topological polar surface area (TPSA) is 48.0 Å². The summed E-state index contributed by atoms with van der Waals surface area (Å²) < 4.78 is 16.5. The third-order valence-electron chi connectivity index (χ3n) is 4.87. The average Bonchev–Trinajstić information content (AvgIpc) is 3.19. The third kappa shape index (κ3) is 4.42. The van der Waals surface area contributed by atoms with Crippen molar-refractivity contribution in [1.29, 1.82) is 0 Å². The number of carbonyl (C=O) groups excluding carboxylic acids is 1. The fraction of sp³-hybridized carbons (Fsp3) is 0.318. The lowest BCUT2D eigenvalue weighted by atomic mass is 9.99. The zero-order chi connectivity index (χ0) is 18.5. The molecule has 5 nitrogen and oxygen atoms in total. The first-order chi connectivity index (χ1) is 13.3. The van der Waals surface area contributed by atoms with E-state index in [1.165, 1.54) is 0 Å². The number of piperidine rings is 1. The van der Waals surface area contributed by atoms with E-state index in [-0.39, 0.29) is 12.7 Å². The number of benzene rings is 2. The smallest absolute Gasteiger partial charge is 0.246 e. The Bertz CT molecular complexity index is 818. The van der Waals surface area contributed by atoms with Crippen LogP contribution in [-0.2, 0) is 4.79 Å². The molecule has 0 spiro atoms. The fourth-order valence-electron chi connectivity index (χ4n) is 3.42. The van der Waals surface area contributed by atoms with Crippen LogP contribution in [0.15, 0.2) is 54.6 Å². The maximum atomic E-state index is 12.6. The molecule has 0 radical (unpaired) electrons. The van der Waals surface area contributed by atoms with Crippen LogP contribution in [0, 0.1) is 5.92 Å². The Hall–Kier alpha value is -2.95. The van der Waals surface area contributed by atoms with E-state index in [9.17, 15) is 4.79 Å². The van der Waals surface area contributed by atoms with E-state index in [0.29, 0.717) is 12.5 Å². The minimum atomic E-state index is 0.0390. The van der Waals surface area contributed by atoms with Gasteiger partial charge in [-0.05, 0) is 48.7 Å². The van der Waals surface area contributed by atoms with Crippen molar-refractivity contribution in [2.45, 2.75) is 12.8 Å². The lowest BCUT2D eigenvalue weighted by Gasteiger charge is -2.32. The second-order valence-electron chi connectivity index (χ2n) is 6.86. The van der Waals surface area contributed by atoms with Gasteiger partial charge >= 0.3 is 0 Å². The second kappa shape index (κ2) is 8.16. The average molecular weight is 365 g/mol. The molecule has 2 aliphatic heterocycles. The predicted molar refractivity (Wildman–Crippen MR) is 103 cm³/mol. The van der Waals surface area contributed by atoms with Gasteiger partial charge in [-0.15, -0.1) is 0 Å². The Morgan fingerprint density at radius 1 is 1.15 bits per heavy atom. The number of hydrogen-bond donors (Lipinski definition) is 0. The summed E-state index contributed by atoms with van der Waals surface area (Å²) in [6.45, 7) is 2.42. The van der Waals surface area contributed by atoms with Gasteiger partial charge in [-0.2, -0.15) is 0 Å². The number of likely N-dealkylation sites (tertiary alicyclic amines) is 1. The predicted octanol–water partition coefficient (Wildman–Crippen LogP) is 3.75. The molecule has 2 aliphatic rings. The molecule has 1 atom stereocenters. The Balaban J connectivity index is 1.31. The quantitative estimate of drug-likeness (QED) is 0.757. The van der Waals surface area contributed by atoms with Crippen LogP contribution in [0.5, 0.6) is 17.2 Å². The van der Waals surface area contributed by atoms with E-state index in [4.69, 9.17) is 14.2 Å². The number of carbonyl (C=O) groups is 1. The number of para-hydroxylation sites is 1. The molecule has 0 aliphatic carbocycles. The molecular formula is C22H23NO4. The van der Waals surface area contributed by atoms with Crippen molar-refractivity contribution in [3.05, 3.63) is 60.2 Å². The third-order valence-corrected chi connectivity index (χ3v) is 4.87. The number of amides is 1. The number of nitrogens with zero attached hydrogens (tertiary/aromatic N) is 1. The molecule has 1 unspecified atom stereocenters. The molecule has 4 rings (SSSR count). The highest BCUT2D eigenvalue weighted by atomic mass is 16.7. The zero-order valence-electron chi connectivity index (χ0n) is 15.2. The molecule has 1 fully saturated rings. The summed E-state index contributed by atoms with van der Waals surface area (Å²) in [5.41, 5.74) is 0.925. The van der Waals surface area contributed by atoms with Gasteiger partial charge in [0.1, 0.15) is 5.75 Å². The molecule has 0 N–H and O–H groups in total. The van der Waals surface area contributed by atoms with Gasteiger partial charge in [-0.1, -0.05) is 24.3 Å². The van der Waals surface area contributed by atoms with Gasteiger partial charge in [0.15, 0.2) is 11.5 Å². The molecule has 0 bridgehead atoms. The molecule has 1 saturated heterocycles. The minimum Gasteiger partial charge on any atom is -0.493 e. The summed E-state index contributed by atoms with van der Waals surface area (Å²) in [6, 6.07) is 15.5. The van der Waals surface area contributed by atoms with Gasteiger partial charge in [0.05, 0.1) is 6.61 Å². The van der Waals surface area contributed by atoms with Crippen molar-refractivity contribution in [2.75, 3.05) is 26.5 Å². The van der Waals surface area contributed by atoms with E-state index < -0.39 is 0 Å². The van der Waals surface area contributed by atoms with Gasteiger partial charge in [-0.3, -0.25) is 4.79 Å². The minimum absolute atomic E-state index is 0.0390. The lowest BCUT2D eigenvalue weighted by Crippen LogP contribution is -2.40. The summed E-state index contributed by atoms with van der Waals surface area (Å²) in [7, 11) is 0. The first-order valence-electron chi connectivity index (χ1n) is 9.32. The Labute approximate surface area is 159 Å². The number of ether oxygens (including phenoxy) is 3. The number of hydrogen-bond acceptors (Lipinski definition) is 4. The van der Waals surface area contributed by atoms with Crippen LogP contribution >= 0.6 is 0 Å². The van der Waals surface area contributed by atoms with Crippen LogP contribution in [0.2, 0.25) is 0 Å². The van der Waals surface area contributed by atoms with E-state index in [1.54, 1.807) is 6.08 Å². The second-order valence-corrected chi connectivity index (χ2v) is 6.86. The normalized spacial score (nSPS) is 18.7. The molecule has 27 heavy (non-hydrogen) atoms. The number of rotatable bonds is 5. The Morgan fingerprint density at radius 3 is 2.89 bits per heavy atom. The van der Waals surface area contributed by atoms with Crippen molar-refractivity contribution >= 4 is 12.0 Å². The summed E-state index contributed by atoms with van der Waals surface area (Å²) in [6.07, 6.45) is 5.56. The van der Waals surface area contributed by atoms with Crippen LogP contribution in [0.1, 0.15) is 18.4 Å². The molecule has 1 amide bonds. The largest absolute Gasteiger partial charge is 0.493 e. The fourth-order valence-corrected chi connectivity index (χ4v) is 3.42. The summed E-state index contributed by atoms with van der Waals surface area (Å²) >= 11 is 0. The lowest BCUT2D eigenvalue weighted by molar-refractivity contribution is -0.127. The van der Waals surface area contributed by atoms with E-state index in [0.717, 1.165) is 48.7 Å². The van der Waals surface area contributed by atoms with Crippen molar-refractivity contribution in [3.63, 3.8) is 0 Å². The molecule has 5 heteroatoms. The van der Waals surface area contributed by atoms with E-state index >= 15 is 0 Å². The van der Waals surface area contributed by atoms with Gasteiger partial charge in [0, 0.05) is 25.1 Å². The van der Waals surface area contributed by atoms with Crippen molar-refractivity contribution < 1.29 is 19.0 Å². The van der Waals surface area contributed by atoms with Gasteiger partial charge in [0.2, 0.25) is 12.7 Å². The molecule has 140 valence electrons. The van der Waals surface area contributed by atoms with Gasteiger partial charge in [0.25, 0.3) is 0 Å². The standard InChI is InChI=1S/C22H23NO4/c24-22(11-9-17-8-10-20-21(13-17)27-16-26-20)23-12-4-5-18(14-23)15-25-19-6-2-1-3-7-19/h1-3,6-11,13,18H,4-5,12,14-16H2/b11-9+. The molecular weight excluding hydrogens is 342 g/mol. The van der Waals surface area contributed by atoms with E-state index in [1.807, 2.05) is 59.5 Å². The van der Waals surface area contributed by atoms with Crippen LogP contribution in [-0.4, -0.2) is 37.3 Å². The highest BCUT2D eigenvalue weighted by molar-refractivity contribution is 5.92. The van der Waals surface area contributed by atoms with Crippen LogP contribution < -0.4 is 14.2 Å². The van der Waals surface area contributed by atoms with Crippen molar-refractivity contribution in [1.82, 2.24) is 4.90 Å². The summed E-state index contributed by atoms with van der Waals surface area (Å²) in [4.78, 5) is 14.5. The van der Waals surface area contributed by atoms with Gasteiger partial charge in [-0.25, -0.2) is 0 Å².